The molecule has 0 saturated carbocycles. The molecule has 14 nitrogen and oxygen atoms in total. The topological polar surface area (TPSA) is 181 Å². The summed E-state index contributed by atoms with van der Waals surface area (Å²) in [5, 5.41) is 9.94. The predicted octanol–water partition coefficient (Wildman–Crippen LogP) is 1.95. The minimum atomic E-state index is -0.620. The molecular formula is C25H27N9O5. The zero-order valence-electron chi connectivity index (χ0n) is 21.4. The summed E-state index contributed by atoms with van der Waals surface area (Å²) < 4.78 is 14.6. The summed E-state index contributed by atoms with van der Waals surface area (Å²) in [6.07, 6.45) is 4.41. The van der Waals surface area contributed by atoms with E-state index >= 15 is 0 Å². The van der Waals surface area contributed by atoms with Crippen molar-refractivity contribution in [3.05, 3.63) is 59.4 Å². The number of ether oxygens (including phenoxy) is 2. The fourth-order valence-corrected chi connectivity index (χ4v) is 4.43. The van der Waals surface area contributed by atoms with Crippen LogP contribution in [-0.4, -0.2) is 60.4 Å². The van der Waals surface area contributed by atoms with Gasteiger partial charge < -0.3 is 25.1 Å². The monoisotopic (exact) mass is 533 g/mol. The Kier molecular flexibility index (Phi) is 7.08. The van der Waals surface area contributed by atoms with Gasteiger partial charge in [-0.1, -0.05) is 0 Å². The summed E-state index contributed by atoms with van der Waals surface area (Å²) in [5.41, 5.74) is 8.43. The maximum atomic E-state index is 13.2. The molecule has 0 unspecified atom stereocenters. The minimum absolute atomic E-state index is 0.00603. The molecule has 0 spiro atoms. The highest BCUT2D eigenvalue weighted by Gasteiger charge is 2.29. The van der Waals surface area contributed by atoms with Gasteiger partial charge in [0.1, 0.15) is 30.2 Å². The van der Waals surface area contributed by atoms with Crippen LogP contribution in [0.4, 0.5) is 10.7 Å². The predicted molar refractivity (Wildman–Crippen MR) is 138 cm³/mol. The fraction of sp³-hybridized carbons (Fsp3) is 0.320. The van der Waals surface area contributed by atoms with E-state index in [2.05, 4.69) is 30.7 Å². The van der Waals surface area contributed by atoms with Gasteiger partial charge >= 0.3 is 6.09 Å². The number of carbonyl (C=O) groups is 3. The summed E-state index contributed by atoms with van der Waals surface area (Å²) in [5.74, 6) is -0.295. The molecule has 202 valence electrons. The van der Waals surface area contributed by atoms with E-state index in [0.29, 0.717) is 46.8 Å². The molecule has 0 fully saturated rings. The summed E-state index contributed by atoms with van der Waals surface area (Å²) in [4.78, 5) is 49.9. The third-order valence-electron chi connectivity index (χ3n) is 6.21. The van der Waals surface area contributed by atoms with E-state index in [1.165, 1.54) is 18.6 Å². The smallest absolute Gasteiger partial charge is 0.407 e. The van der Waals surface area contributed by atoms with E-state index in [-0.39, 0.29) is 43.2 Å². The van der Waals surface area contributed by atoms with Crippen LogP contribution in [0.5, 0.6) is 5.75 Å². The lowest BCUT2D eigenvalue weighted by molar-refractivity contribution is 0.0995. The zero-order chi connectivity index (χ0) is 27.5. The van der Waals surface area contributed by atoms with Crippen LogP contribution in [-0.2, 0) is 17.9 Å². The molecule has 3 amide bonds. The summed E-state index contributed by atoms with van der Waals surface area (Å²) in [6.45, 7) is 4.70. The van der Waals surface area contributed by atoms with Crippen molar-refractivity contribution in [2.75, 3.05) is 18.5 Å². The Hall–Kier alpha value is -5.01. The number of hydrogen-bond acceptors (Lipinski definition) is 9. The summed E-state index contributed by atoms with van der Waals surface area (Å²) in [7, 11) is 0. The molecule has 4 heterocycles. The van der Waals surface area contributed by atoms with E-state index < -0.39 is 12.0 Å². The largest absolute Gasteiger partial charge is 0.489 e. The van der Waals surface area contributed by atoms with Crippen molar-refractivity contribution in [2.45, 2.75) is 39.5 Å². The summed E-state index contributed by atoms with van der Waals surface area (Å²) >= 11 is 0. The van der Waals surface area contributed by atoms with Gasteiger partial charge in [0.15, 0.2) is 0 Å². The average molecular weight is 534 g/mol. The molecule has 14 heteroatoms. The lowest BCUT2D eigenvalue weighted by Gasteiger charge is -2.27. The van der Waals surface area contributed by atoms with Gasteiger partial charge in [0.25, 0.3) is 5.91 Å². The number of nitrogens with two attached hydrogens (primary N) is 1. The Bertz CT molecular complexity index is 1550. The number of alkyl carbamates (subject to hydrolysis) is 1. The second-order valence-electron chi connectivity index (χ2n) is 8.91. The molecule has 3 aromatic heterocycles. The number of imidazole rings is 1. The Morgan fingerprint density at radius 1 is 1.23 bits per heavy atom. The highest BCUT2D eigenvalue weighted by molar-refractivity contribution is 6.04. The second kappa shape index (κ2) is 10.8. The molecular weight excluding hydrogens is 506 g/mol. The van der Waals surface area contributed by atoms with Crippen molar-refractivity contribution in [1.82, 2.24) is 34.6 Å². The van der Waals surface area contributed by atoms with Gasteiger partial charge in [0.05, 0.1) is 29.1 Å². The van der Waals surface area contributed by atoms with E-state index in [9.17, 15) is 14.4 Å². The molecule has 4 N–H and O–H groups in total. The highest BCUT2D eigenvalue weighted by atomic mass is 16.5. The quantitative estimate of drug-likeness (QED) is 0.290. The van der Waals surface area contributed by atoms with Gasteiger partial charge in [0, 0.05) is 31.0 Å². The first kappa shape index (κ1) is 25.6. The van der Waals surface area contributed by atoms with E-state index in [1.807, 2.05) is 18.4 Å². The van der Waals surface area contributed by atoms with Crippen LogP contribution < -0.4 is 21.1 Å². The molecule has 1 atom stereocenters. The SMILES string of the molecule is CCn1nc(C)cc1C(=O)Nc1nc2cc(C(N)=O)cc3c2n1[C@@H](CCNC(=O)OCc1cnccn1)CO3. The van der Waals surface area contributed by atoms with E-state index in [1.54, 1.807) is 22.9 Å². The molecule has 1 aliphatic rings. The maximum absolute atomic E-state index is 13.2. The Morgan fingerprint density at radius 3 is 2.82 bits per heavy atom. The number of nitrogens with one attached hydrogen (secondary N) is 2. The van der Waals surface area contributed by atoms with Crippen LogP contribution in [0.1, 0.15) is 51.6 Å². The van der Waals surface area contributed by atoms with Crippen molar-refractivity contribution in [3.63, 3.8) is 0 Å². The lowest BCUT2D eigenvalue weighted by atomic mass is 10.1. The van der Waals surface area contributed by atoms with Crippen molar-refractivity contribution in [3.8, 4) is 5.75 Å². The number of benzene rings is 1. The van der Waals surface area contributed by atoms with Crippen molar-refractivity contribution >= 4 is 34.9 Å². The first-order chi connectivity index (χ1) is 18.8. The first-order valence-corrected chi connectivity index (χ1v) is 12.3. The molecule has 0 aliphatic carbocycles. The number of primary amides is 1. The molecule has 0 saturated heterocycles. The third kappa shape index (κ3) is 5.35. The number of amides is 3. The molecule has 1 aromatic carbocycles. The van der Waals surface area contributed by atoms with Gasteiger partial charge in [-0.25, -0.2) is 9.78 Å². The lowest BCUT2D eigenvalue weighted by Crippen LogP contribution is -2.31. The number of aromatic nitrogens is 6. The van der Waals surface area contributed by atoms with Crippen LogP contribution in [0.25, 0.3) is 11.0 Å². The number of carbonyl (C=O) groups excluding carboxylic acids is 3. The minimum Gasteiger partial charge on any atom is -0.489 e. The molecule has 39 heavy (non-hydrogen) atoms. The fourth-order valence-electron chi connectivity index (χ4n) is 4.43. The number of hydrogen-bond donors (Lipinski definition) is 3. The summed E-state index contributed by atoms with van der Waals surface area (Å²) in [6, 6.07) is 4.52. The second-order valence-corrected chi connectivity index (χ2v) is 8.91. The molecule has 0 bridgehead atoms. The third-order valence-corrected chi connectivity index (χ3v) is 6.21. The van der Waals surface area contributed by atoms with Gasteiger partial charge in [-0.15, -0.1) is 0 Å². The Labute approximate surface area is 222 Å². The number of aryl methyl sites for hydroxylation is 2. The van der Waals surface area contributed by atoms with Crippen LogP contribution in [0, 0.1) is 6.92 Å². The van der Waals surface area contributed by atoms with Crippen molar-refractivity contribution in [1.29, 1.82) is 0 Å². The van der Waals surface area contributed by atoms with Gasteiger partial charge in [-0.2, -0.15) is 5.10 Å². The number of nitrogens with zero attached hydrogens (tertiary/aromatic N) is 6. The van der Waals surface area contributed by atoms with Crippen molar-refractivity contribution < 1.29 is 23.9 Å². The molecule has 1 aliphatic heterocycles. The van der Waals surface area contributed by atoms with Gasteiger partial charge in [-0.3, -0.25) is 29.6 Å². The zero-order valence-corrected chi connectivity index (χ0v) is 21.4. The van der Waals surface area contributed by atoms with Crippen LogP contribution in [0.2, 0.25) is 0 Å². The first-order valence-electron chi connectivity index (χ1n) is 12.3. The maximum Gasteiger partial charge on any atom is 0.407 e. The van der Waals surface area contributed by atoms with Crippen LogP contribution >= 0.6 is 0 Å². The normalized spacial score (nSPS) is 14.1. The van der Waals surface area contributed by atoms with E-state index in [0.717, 1.165) is 0 Å². The van der Waals surface area contributed by atoms with Crippen LogP contribution in [0.3, 0.4) is 0 Å². The highest BCUT2D eigenvalue weighted by Crippen LogP contribution is 2.38. The standard InChI is InChI=1S/C25H27N9O5/c1-3-33-19(8-14(2)32-33)23(36)31-24-30-18-9-15(22(26)35)10-20-21(18)34(24)17(13-38-20)4-5-29-25(37)39-12-16-11-27-6-7-28-16/h6-11,17H,3-5,12-13H2,1-2H3,(H2,26,35)(H,29,37)(H,30,31,36)/t17-/m0/s1. The number of anilines is 1. The van der Waals surface area contributed by atoms with E-state index in [4.69, 9.17) is 15.2 Å². The molecule has 5 rings (SSSR count). The van der Waals surface area contributed by atoms with Crippen molar-refractivity contribution in [2.24, 2.45) is 5.73 Å². The Balaban J connectivity index is 1.36. The molecule has 4 aromatic rings. The number of rotatable bonds is 9. The van der Waals surface area contributed by atoms with Gasteiger partial charge in [-0.05, 0) is 38.5 Å². The Morgan fingerprint density at radius 2 is 2.08 bits per heavy atom. The van der Waals surface area contributed by atoms with Crippen LogP contribution in [0.15, 0.2) is 36.8 Å². The average Bonchev–Trinajstić information content (AvgIpc) is 3.50. The van der Waals surface area contributed by atoms with Gasteiger partial charge in [0.2, 0.25) is 11.9 Å². The molecule has 0 radical (unpaired) electrons.